The van der Waals surface area contributed by atoms with Gasteiger partial charge in [0.15, 0.2) is 5.82 Å². The van der Waals surface area contributed by atoms with Gasteiger partial charge in [-0.15, -0.1) is 0 Å². The average Bonchev–Trinajstić information content (AvgIpc) is 2.71. The fourth-order valence-electron chi connectivity index (χ4n) is 3.49. The van der Waals surface area contributed by atoms with E-state index in [0.29, 0.717) is 16.8 Å². The Bertz CT molecular complexity index is 970. The molecule has 1 aliphatic heterocycles. The second-order valence-electron chi connectivity index (χ2n) is 7.16. The summed E-state index contributed by atoms with van der Waals surface area (Å²) < 4.78 is 13.5. The van der Waals surface area contributed by atoms with Crippen LogP contribution in [0.5, 0.6) is 0 Å². The highest BCUT2D eigenvalue weighted by Crippen LogP contribution is 2.42. The molecule has 3 atom stereocenters. The third kappa shape index (κ3) is 4.10. The van der Waals surface area contributed by atoms with E-state index in [4.69, 9.17) is 5.11 Å². The predicted octanol–water partition coefficient (Wildman–Crippen LogP) is 1.12. The fraction of sp³-hybridized carbons (Fsp3) is 0.400. The number of nitrogens with zero attached hydrogens (tertiary/aromatic N) is 3. The molecule has 0 bridgehead atoms. The van der Waals surface area contributed by atoms with E-state index in [0.717, 1.165) is 6.20 Å². The molecule has 4 N–H and O–H groups in total. The Kier molecular flexibility index (Phi) is 6.28. The number of aliphatic hydroxyl groups is 2. The fourth-order valence-corrected chi connectivity index (χ4v) is 3.49. The first kappa shape index (κ1) is 21.6. The minimum absolute atomic E-state index is 0.106. The summed E-state index contributed by atoms with van der Waals surface area (Å²) in [6.07, 6.45) is -0.0704. The number of hydrogen-bond donors (Lipinski definition) is 4. The van der Waals surface area contributed by atoms with Crippen LogP contribution in [-0.4, -0.2) is 51.4 Å². The molecule has 3 rings (SSSR count). The molecular weight excluding hydrogens is 393 g/mol. The molecule has 0 saturated heterocycles. The van der Waals surface area contributed by atoms with Crippen molar-refractivity contribution in [3.63, 3.8) is 0 Å². The molecule has 0 radical (unpaired) electrons. The molecule has 0 spiro atoms. The molecule has 0 aliphatic carbocycles. The summed E-state index contributed by atoms with van der Waals surface area (Å²) in [6.45, 7) is 4.52. The van der Waals surface area contributed by atoms with Gasteiger partial charge in [0.2, 0.25) is 11.9 Å². The number of benzene rings is 1. The molecule has 2 aromatic rings. The zero-order valence-electron chi connectivity index (χ0n) is 16.9. The van der Waals surface area contributed by atoms with E-state index in [2.05, 4.69) is 20.6 Å². The van der Waals surface area contributed by atoms with E-state index in [-0.39, 0.29) is 36.6 Å². The van der Waals surface area contributed by atoms with Gasteiger partial charge in [0.25, 0.3) is 5.91 Å². The summed E-state index contributed by atoms with van der Waals surface area (Å²) in [7, 11) is 0. The van der Waals surface area contributed by atoms with Crippen LogP contribution in [0.2, 0.25) is 0 Å². The molecule has 1 aromatic heterocycles. The smallest absolute Gasteiger partial charge is 0.251 e. The van der Waals surface area contributed by atoms with Gasteiger partial charge in [-0.2, -0.15) is 0 Å². The van der Waals surface area contributed by atoms with Gasteiger partial charge < -0.3 is 20.8 Å². The van der Waals surface area contributed by atoms with Gasteiger partial charge in [-0.3, -0.25) is 14.5 Å². The summed E-state index contributed by atoms with van der Waals surface area (Å²) in [4.78, 5) is 33.9. The van der Waals surface area contributed by atoms with Crippen LogP contribution in [0.1, 0.15) is 41.5 Å². The van der Waals surface area contributed by atoms with E-state index in [1.165, 1.54) is 18.7 Å². The van der Waals surface area contributed by atoms with E-state index in [1.807, 2.05) is 0 Å². The molecule has 1 aliphatic rings. The molecule has 9 nitrogen and oxygen atoms in total. The summed E-state index contributed by atoms with van der Waals surface area (Å²) in [5.74, 6) is -1.60. The lowest BCUT2D eigenvalue weighted by Crippen LogP contribution is -2.50. The third-order valence-corrected chi connectivity index (χ3v) is 5.09. The van der Waals surface area contributed by atoms with Crippen molar-refractivity contribution >= 4 is 23.5 Å². The highest BCUT2D eigenvalue weighted by Gasteiger charge is 2.40. The van der Waals surface area contributed by atoms with Crippen molar-refractivity contribution in [2.24, 2.45) is 5.92 Å². The Morgan fingerprint density at radius 1 is 1.33 bits per heavy atom. The van der Waals surface area contributed by atoms with Crippen LogP contribution in [0.3, 0.4) is 0 Å². The summed E-state index contributed by atoms with van der Waals surface area (Å²) in [5.41, 5.74) is 1.53. The Labute approximate surface area is 173 Å². The van der Waals surface area contributed by atoms with Crippen molar-refractivity contribution in [2.45, 2.75) is 33.0 Å². The van der Waals surface area contributed by atoms with Gasteiger partial charge in [0.05, 0.1) is 30.2 Å². The monoisotopic (exact) mass is 417 g/mol. The lowest BCUT2D eigenvalue weighted by molar-refractivity contribution is -0.119. The second kappa shape index (κ2) is 8.72. The number of amides is 2. The standard InChI is InChI=1S/C20H24FN5O4/c1-10-17(25-20-23-9-15(21)11(2)24-20)14-8-13(18(29)22-6-7-27)4-5-16(14)26(12(3)28)19(10)30/h4-5,8-10,17,19,27,30H,6-7H2,1-3H3,(H,22,29)(H,23,24,25)/t10-,17-,19+/m1/s1. The van der Waals surface area contributed by atoms with Crippen molar-refractivity contribution in [2.75, 3.05) is 23.4 Å². The molecule has 160 valence electrons. The van der Waals surface area contributed by atoms with Crippen molar-refractivity contribution in [3.05, 3.63) is 47.0 Å². The molecule has 1 aromatic carbocycles. The molecule has 2 heterocycles. The van der Waals surface area contributed by atoms with Crippen LogP contribution in [0.25, 0.3) is 0 Å². The number of rotatable bonds is 5. The number of anilines is 2. The minimum atomic E-state index is -1.12. The van der Waals surface area contributed by atoms with Crippen molar-refractivity contribution in [1.29, 1.82) is 0 Å². The number of aromatic nitrogens is 2. The number of fused-ring (bicyclic) bond motifs is 1. The van der Waals surface area contributed by atoms with Crippen molar-refractivity contribution in [1.82, 2.24) is 15.3 Å². The topological polar surface area (TPSA) is 128 Å². The Balaban J connectivity index is 2.05. The number of halogens is 1. The number of carbonyl (C=O) groups is 2. The zero-order valence-corrected chi connectivity index (χ0v) is 16.9. The first-order chi connectivity index (χ1) is 14.2. The van der Waals surface area contributed by atoms with Crippen molar-refractivity contribution < 1.29 is 24.2 Å². The first-order valence-corrected chi connectivity index (χ1v) is 9.51. The second-order valence-corrected chi connectivity index (χ2v) is 7.16. The average molecular weight is 417 g/mol. The normalized spacial score (nSPS) is 20.5. The van der Waals surface area contributed by atoms with E-state index in [1.54, 1.807) is 25.1 Å². The number of hydrogen-bond acceptors (Lipinski definition) is 7. The van der Waals surface area contributed by atoms with Gasteiger partial charge in [-0.1, -0.05) is 6.92 Å². The Morgan fingerprint density at radius 3 is 2.70 bits per heavy atom. The van der Waals surface area contributed by atoms with E-state index in [9.17, 15) is 19.1 Å². The molecular formula is C20H24FN5O4. The van der Waals surface area contributed by atoms with E-state index >= 15 is 0 Å². The van der Waals surface area contributed by atoms with Crippen LogP contribution in [0.15, 0.2) is 24.4 Å². The van der Waals surface area contributed by atoms with Crippen molar-refractivity contribution in [3.8, 4) is 0 Å². The highest BCUT2D eigenvalue weighted by molar-refractivity contribution is 5.97. The lowest BCUT2D eigenvalue weighted by atomic mass is 9.85. The zero-order chi connectivity index (χ0) is 22.0. The Morgan fingerprint density at radius 2 is 2.07 bits per heavy atom. The maximum absolute atomic E-state index is 13.5. The van der Waals surface area contributed by atoms with Gasteiger partial charge in [-0.05, 0) is 30.7 Å². The third-order valence-electron chi connectivity index (χ3n) is 5.09. The predicted molar refractivity (Wildman–Crippen MR) is 107 cm³/mol. The molecule has 10 heteroatoms. The maximum atomic E-state index is 13.5. The lowest BCUT2D eigenvalue weighted by Gasteiger charge is -2.42. The van der Waals surface area contributed by atoms with Gasteiger partial charge >= 0.3 is 0 Å². The number of nitrogens with one attached hydrogen (secondary N) is 2. The SMILES string of the molecule is CC(=O)N1c2ccc(C(=O)NCCO)cc2[C@H](Nc2ncc(F)c(C)n2)[C@@H](C)[C@@H]1O. The molecule has 0 unspecified atom stereocenters. The van der Waals surface area contributed by atoms with Crippen LogP contribution >= 0.6 is 0 Å². The number of aliphatic hydroxyl groups excluding tert-OH is 2. The van der Waals surface area contributed by atoms with Crippen LogP contribution in [0.4, 0.5) is 16.0 Å². The Hall–Kier alpha value is -3.11. The molecule has 0 fully saturated rings. The van der Waals surface area contributed by atoms with E-state index < -0.39 is 24.0 Å². The van der Waals surface area contributed by atoms with Gasteiger partial charge in [0, 0.05) is 24.9 Å². The summed E-state index contributed by atoms with van der Waals surface area (Å²) >= 11 is 0. The highest BCUT2D eigenvalue weighted by atomic mass is 19.1. The van der Waals surface area contributed by atoms with Crippen LogP contribution in [0, 0.1) is 18.7 Å². The van der Waals surface area contributed by atoms with Crippen LogP contribution < -0.4 is 15.5 Å². The summed E-state index contributed by atoms with van der Waals surface area (Å²) in [5, 5.41) is 25.4. The quantitative estimate of drug-likeness (QED) is 0.574. The van der Waals surface area contributed by atoms with Crippen LogP contribution in [-0.2, 0) is 4.79 Å². The number of carbonyl (C=O) groups excluding carboxylic acids is 2. The molecule has 30 heavy (non-hydrogen) atoms. The molecule has 0 saturated carbocycles. The maximum Gasteiger partial charge on any atom is 0.251 e. The number of aryl methyl sites for hydroxylation is 1. The summed E-state index contributed by atoms with van der Waals surface area (Å²) in [6, 6.07) is 4.19. The van der Waals surface area contributed by atoms with Gasteiger partial charge in [-0.25, -0.2) is 14.4 Å². The minimum Gasteiger partial charge on any atom is -0.395 e. The largest absolute Gasteiger partial charge is 0.395 e. The van der Waals surface area contributed by atoms with Gasteiger partial charge in [0.1, 0.15) is 6.23 Å². The first-order valence-electron chi connectivity index (χ1n) is 9.51. The molecule has 2 amide bonds.